The number of anilines is 1. The maximum absolute atomic E-state index is 12.1. The number of rotatable bonds is 5. The van der Waals surface area contributed by atoms with Crippen molar-refractivity contribution in [3.63, 3.8) is 0 Å². The van der Waals surface area contributed by atoms with Gasteiger partial charge in [0.25, 0.3) is 5.91 Å². The fourth-order valence-electron chi connectivity index (χ4n) is 1.97. The summed E-state index contributed by atoms with van der Waals surface area (Å²) in [6.07, 6.45) is 3.24. The van der Waals surface area contributed by atoms with Crippen LogP contribution in [-0.2, 0) is 4.79 Å². The van der Waals surface area contributed by atoms with Crippen molar-refractivity contribution in [1.82, 2.24) is 20.6 Å². The average Bonchev–Trinajstić information content (AvgIpc) is 2.56. The van der Waals surface area contributed by atoms with Gasteiger partial charge in [0.15, 0.2) is 0 Å². The first-order valence-electron chi connectivity index (χ1n) is 7.27. The summed E-state index contributed by atoms with van der Waals surface area (Å²) in [5.41, 5.74) is 7.61. The maximum atomic E-state index is 12.1. The number of amides is 2. The van der Waals surface area contributed by atoms with Crippen LogP contribution in [0.4, 0.5) is 5.95 Å². The van der Waals surface area contributed by atoms with Gasteiger partial charge in [-0.3, -0.25) is 9.59 Å². The summed E-state index contributed by atoms with van der Waals surface area (Å²) in [5.74, 6) is -0.301. The van der Waals surface area contributed by atoms with Crippen LogP contribution in [-0.4, -0.2) is 34.4 Å². The number of carbonyl (C=O) groups is 2. The Kier molecular flexibility index (Phi) is 5.24. The topological polar surface area (TPSA) is 110 Å². The molecule has 0 aliphatic heterocycles. The number of nitrogen functional groups attached to an aromatic ring is 1. The van der Waals surface area contributed by atoms with Gasteiger partial charge in [0.1, 0.15) is 6.04 Å². The maximum Gasteiger partial charge on any atom is 0.251 e. The molecule has 0 fully saturated rings. The lowest BCUT2D eigenvalue weighted by Gasteiger charge is -2.13. The minimum Gasteiger partial charge on any atom is -0.368 e. The van der Waals surface area contributed by atoms with Gasteiger partial charge >= 0.3 is 0 Å². The van der Waals surface area contributed by atoms with E-state index < -0.39 is 6.04 Å². The first-order chi connectivity index (χ1) is 11.0. The molecule has 2 rings (SSSR count). The highest BCUT2D eigenvalue weighted by Crippen LogP contribution is 2.18. The minimum absolute atomic E-state index is 0.212. The molecule has 1 aromatic carbocycles. The number of hydrogen-bond acceptors (Lipinski definition) is 5. The number of benzene rings is 1. The second-order valence-electron chi connectivity index (χ2n) is 5.00. The summed E-state index contributed by atoms with van der Waals surface area (Å²) in [5, 5.41) is 5.31. The molecule has 7 nitrogen and oxygen atoms in total. The number of hydrogen-bond donors (Lipinski definition) is 3. The Morgan fingerprint density at radius 3 is 2.30 bits per heavy atom. The van der Waals surface area contributed by atoms with Crippen molar-refractivity contribution in [2.45, 2.75) is 19.9 Å². The molecule has 4 N–H and O–H groups in total. The summed E-state index contributed by atoms with van der Waals surface area (Å²) < 4.78 is 0. The summed E-state index contributed by atoms with van der Waals surface area (Å²) in [6.45, 7) is 3.99. The van der Waals surface area contributed by atoms with E-state index in [1.807, 2.05) is 6.92 Å². The lowest BCUT2D eigenvalue weighted by Crippen LogP contribution is -2.44. The van der Waals surface area contributed by atoms with Crippen LogP contribution in [0.15, 0.2) is 36.7 Å². The van der Waals surface area contributed by atoms with E-state index in [1.165, 1.54) is 0 Å². The third-order valence-electron chi connectivity index (χ3n) is 3.24. The van der Waals surface area contributed by atoms with Crippen LogP contribution in [0.1, 0.15) is 24.2 Å². The molecule has 0 saturated heterocycles. The predicted molar refractivity (Wildman–Crippen MR) is 87.5 cm³/mol. The van der Waals surface area contributed by atoms with E-state index in [0.717, 1.165) is 11.1 Å². The third-order valence-corrected chi connectivity index (χ3v) is 3.24. The molecule has 0 spiro atoms. The van der Waals surface area contributed by atoms with Crippen LogP contribution in [0.2, 0.25) is 0 Å². The summed E-state index contributed by atoms with van der Waals surface area (Å²) >= 11 is 0. The second kappa shape index (κ2) is 7.35. The predicted octanol–water partition coefficient (Wildman–Crippen LogP) is 0.980. The van der Waals surface area contributed by atoms with Crippen molar-refractivity contribution in [2.24, 2.45) is 0 Å². The van der Waals surface area contributed by atoms with Gasteiger partial charge in [0, 0.05) is 30.1 Å². The average molecular weight is 313 g/mol. The van der Waals surface area contributed by atoms with Gasteiger partial charge in [-0.25, -0.2) is 9.97 Å². The van der Waals surface area contributed by atoms with Crippen molar-refractivity contribution in [3.8, 4) is 11.1 Å². The van der Waals surface area contributed by atoms with Crippen molar-refractivity contribution in [2.75, 3.05) is 12.3 Å². The van der Waals surface area contributed by atoms with Crippen molar-refractivity contribution >= 4 is 17.8 Å². The molecule has 7 heteroatoms. The van der Waals surface area contributed by atoms with Gasteiger partial charge in [0.2, 0.25) is 11.9 Å². The molecule has 0 aliphatic rings. The summed E-state index contributed by atoms with van der Waals surface area (Å²) in [6, 6.07) is 6.37. The van der Waals surface area contributed by atoms with Crippen LogP contribution in [0, 0.1) is 0 Å². The molecule has 0 saturated carbocycles. The molecular formula is C16H19N5O2. The molecule has 1 heterocycles. The highest BCUT2D eigenvalue weighted by Gasteiger charge is 2.15. The molecule has 1 aromatic heterocycles. The van der Waals surface area contributed by atoms with E-state index >= 15 is 0 Å². The van der Waals surface area contributed by atoms with E-state index in [4.69, 9.17) is 5.73 Å². The number of nitrogens with zero attached hydrogens (tertiary/aromatic N) is 2. The van der Waals surface area contributed by atoms with E-state index in [-0.39, 0.29) is 17.8 Å². The monoisotopic (exact) mass is 313 g/mol. The number of carbonyl (C=O) groups excluding carboxylic acids is 2. The Labute approximate surface area is 134 Å². The Morgan fingerprint density at radius 1 is 1.13 bits per heavy atom. The van der Waals surface area contributed by atoms with Gasteiger partial charge in [-0.15, -0.1) is 0 Å². The van der Waals surface area contributed by atoms with Crippen molar-refractivity contribution in [1.29, 1.82) is 0 Å². The summed E-state index contributed by atoms with van der Waals surface area (Å²) in [4.78, 5) is 31.6. The number of aromatic nitrogens is 2. The van der Waals surface area contributed by atoms with Gasteiger partial charge in [-0.1, -0.05) is 12.1 Å². The van der Waals surface area contributed by atoms with Gasteiger partial charge in [0.05, 0.1) is 0 Å². The van der Waals surface area contributed by atoms with Gasteiger partial charge in [-0.05, 0) is 31.5 Å². The molecule has 23 heavy (non-hydrogen) atoms. The SMILES string of the molecule is CCNC(=O)[C@H](C)NC(=O)c1ccc(-c2cnc(N)nc2)cc1. The van der Waals surface area contributed by atoms with Crippen molar-refractivity contribution in [3.05, 3.63) is 42.2 Å². The van der Waals surface area contributed by atoms with Crippen molar-refractivity contribution < 1.29 is 9.59 Å². The highest BCUT2D eigenvalue weighted by atomic mass is 16.2. The van der Waals surface area contributed by atoms with Crippen LogP contribution in [0.3, 0.4) is 0 Å². The van der Waals surface area contributed by atoms with E-state index in [2.05, 4.69) is 20.6 Å². The molecule has 0 radical (unpaired) electrons. The summed E-state index contributed by atoms with van der Waals surface area (Å²) in [7, 11) is 0. The second-order valence-corrected chi connectivity index (χ2v) is 5.00. The quantitative estimate of drug-likeness (QED) is 0.762. The van der Waals surface area contributed by atoms with Crippen LogP contribution < -0.4 is 16.4 Å². The Hall–Kier alpha value is -2.96. The zero-order valence-electron chi connectivity index (χ0n) is 13.0. The van der Waals surface area contributed by atoms with Crippen LogP contribution >= 0.6 is 0 Å². The van der Waals surface area contributed by atoms with Gasteiger partial charge in [-0.2, -0.15) is 0 Å². The molecule has 0 aliphatic carbocycles. The number of nitrogens with one attached hydrogen (secondary N) is 2. The molecule has 1 atom stereocenters. The lowest BCUT2D eigenvalue weighted by atomic mass is 10.1. The lowest BCUT2D eigenvalue weighted by molar-refractivity contribution is -0.122. The molecular weight excluding hydrogens is 294 g/mol. The fourth-order valence-corrected chi connectivity index (χ4v) is 1.97. The molecule has 0 unspecified atom stereocenters. The molecule has 120 valence electrons. The first kappa shape index (κ1) is 16.4. The first-order valence-corrected chi connectivity index (χ1v) is 7.27. The zero-order valence-corrected chi connectivity index (χ0v) is 13.0. The smallest absolute Gasteiger partial charge is 0.251 e. The fraction of sp³-hybridized carbons (Fsp3) is 0.250. The van der Waals surface area contributed by atoms with E-state index in [9.17, 15) is 9.59 Å². The number of nitrogens with two attached hydrogens (primary N) is 1. The van der Waals surface area contributed by atoms with Crippen LogP contribution in [0.25, 0.3) is 11.1 Å². The third kappa shape index (κ3) is 4.26. The standard InChI is InChI=1S/C16H19N5O2/c1-3-18-14(22)10(2)21-15(23)12-6-4-11(5-7-12)13-8-19-16(17)20-9-13/h4-10H,3H2,1-2H3,(H,18,22)(H,21,23)(H2,17,19,20)/t10-/m0/s1. The zero-order chi connectivity index (χ0) is 16.8. The Bertz CT molecular complexity index is 683. The molecule has 2 aromatic rings. The Morgan fingerprint density at radius 2 is 1.74 bits per heavy atom. The van der Waals surface area contributed by atoms with E-state index in [0.29, 0.717) is 12.1 Å². The molecule has 2 amide bonds. The van der Waals surface area contributed by atoms with Crippen LogP contribution in [0.5, 0.6) is 0 Å². The van der Waals surface area contributed by atoms with E-state index in [1.54, 1.807) is 43.6 Å². The molecule has 0 bridgehead atoms. The normalized spacial score (nSPS) is 11.6. The highest BCUT2D eigenvalue weighted by molar-refractivity contribution is 5.97. The largest absolute Gasteiger partial charge is 0.368 e. The minimum atomic E-state index is -0.590. The number of likely N-dealkylation sites (N-methyl/N-ethyl adjacent to an activating group) is 1. The Balaban J connectivity index is 2.05. The van der Waals surface area contributed by atoms with Gasteiger partial charge < -0.3 is 16.4 Å².